The number of β-amino-alcohol motifs (C(OH)–C–C–N with tert-alkyl or cyclic N) is 1. The normalized spacial score (nSPS) is 21.2. The number of aryl methyl sites for hydroxylation is 1. The van der Waals surface area contributed by atoms with Gasteiger partial charge in [0, 0.05) is 12.0 Å². The van der Waals surface area contributed by atoms with E-state index in [9.17, 15) is 5.11 Å². The van der Waals surface area contributed by atoms with Crippen LogP contribution in [0, 0.1) is 0 Å². The topological polar surface area (TPSA) is 26.5 Å². The minimum atomic E-state index is -1.00. The van der Waals surface area contributed by atoms with Gasteiger partial charge in [0.25, 0.3) is 11.6 Å². The van der Waals surface area contributed by atoms with Crippen LogP contribution < -0.4 is 4.90 Å². The van der Waals surface area contributed by atoms with E-state index >= 15 is 0 Å². The highest BCUT2D eigenvalue weighted by atomic mass is 16.3. The van der Waals surface area contributed by atoms with Crippen LogP contribution in [-0.4, -0.2) is 28.6 Å². The summed E-state index contributed by atoms with van der Waals surface area (Å²) in [6, 6.07) is 27.7. The molecule has 3 aromatic rings. The maximum absolute atomic E-state index is 12.0. The van der Waals surface area contributed by atoms with E-state index in [0.717, 1.165) is 31.4 Å². The molecule has 0 radical (unpaired) electrons. The molecular weight excluding hydrogens is 380 g/mol. The number of nitrogens with zero attached hydrogens (tertiary/aromatic N) is 2. The van der Waals surface area contributed by atoms with Crippen LogP contribution in [0.15, 0.2) is 78.9 Å². The molecule has 0 spiro atoms. The van der Waals surface area contributed by atoms with Crippen molar-refractivity contribution in [3.63, 3.8) is 0 Å². The van der Waals surface area contributed by atoms with Crippen molar-refractivity contribution in [1.29, 1.82) is 0 Å². The quantitative estimate of drug-likeness (QED) is 0.569. The van der Waals surface area contributed by atoms with Gasteiger partial charge in [-0.05, 0) is 54.5 Å². The molecule has 5 rings (SSSR count). The SMILES string of the molecule is CCc1ccc(N2CC(O)(c3ccc(-c4ccccc4)cc3)[N+]3=C2CCCCC3)cc1. The number of benzene rings is 3. The lowest BCUT2D eigenvalue weighted by molar-refractivity contribution is -0.658. The van der Waals surface area contributed by atoms with Crippen molar-refractivity contribution in [2.24, 2.45) is 0 Å². The monoisotopic (exact) mass is 411 g/mol. The molecule has 0 aliphatic carbocycles. The second-order valence-electron chi connectivity index (χ2n) is 8.74. The Morgan fingerprint density at radius 1 is 0.839 bits per heavy atom. The van der Waals surface area contributed by atoms with Crippen molar-refractivity contribution in [3.05, 3.63) is 90.0 Å². The van der Waals surface area contributed by atoms with E-state index < -0.39 is 5.72 Å². The van der Waals surface area contributed by atoms with Crippen molar-refractivity contribution in [2.75, 3.05) is 18.0 Å². The van der Waals surface area contributed by atoms with Crippen LogP contribution in [0.25, 0.3) is 11.1 Å². The number of amidine groups is 1. The summed E-state index contributed by atoms with van der Waals surface area (Å²) in [6.07, 6.45) is 5.57. The van der Waals surface area contributed by atoms with Crippen LogP contribution in [0.1, 0.15) is 43.7 Å². The van der Waals surface area contributed by atoms with E-state index in [1.54, 1.807) is 0 Å². The maximum atomic E-state index is 12.0. The second kappa shape index (κ2) is 8.32. The molecular formula is C28H31N2O+. The van der Waals surface area contributed by atoms with Gasteiger partial charge < -0.3 is 5.11 Å². The molecule has 0 fully saturated rings. The Hall–Kier alpha value is -2.91. The predicted octanol–water partition coefficient (Wildman–Crippen LogP) is 5.57. The van der Waals surface area contributed by atoms with Crippen molar-refractivity contribution < 1.29 is 9.68 Å². The molecule has 2 heterocycles. The Bertz CT molecular complexity index is 1070. The number of rotatable bonds is 4. The molecule has 3 nitrogen and oxygen atoms in total. The molecule has 0 amide bonds. The Balaban J connectivity index is 1.52. The van der Waals surface area contributed by atoms with E-state index in [0.29, 0.717) is 6.54 Å². The van der Waals surface area contributed by atoms with Crippen molar-refractivity contribution in [2.45, 2.75) is 44.8 Å². The number of aliphatic hydroxyl groups is 1. The van der Waals surface area contributed by atoms with Crippen molar-refractivity contribution in [3.8, 4) is 11.1 Å². The average molecular weight is 412 g/mol. The molecule has 3 heteroatoms. The minimum Gasteiger partial charge on any atom is -0.346 e. The van der Waals surface area contributed by atoms with Crippen molar-refractivity contribution in [1.82, 2.24) is 0 Å². The summed E-state index contributed by atoms with van der Waals surface area (Å²) < 4.78 is 2.27. The zero-order valence-corrected chi connectivity index (χ0v) is 18.3. The van der Waals surface area contributed by atoms with Gasteiger partial charge >= 0.3 is 0 Å². The summed E-state index contributed by atoms with van der Waals surface area (Å²) in [4.78, 5) is 2.34. The van der Waals surface area contributed by atoms with Crippen molar-refractivity contribution >= 4 is 11.5 Å². The summed E-state index contributed by atoms with van der Waals surface area (Å²) in [5, 5.41) is 12.0. The van der Waals surface area contributed by atoms with Gasteiger partial charge in [0.2, 0.25) is 0 Å². The van der Waals surface area contributed by atoms with Crippen LogP contribution in [0.2, 0.25) is 0 Å². The Labute approximate surface area is 185 Å². The fourth-order valence-electron chi connectivity index (χ4n) is 5.03. The fraction of sp³-hybridized carbons (Fsp3) is 0.321. The zero-order chi connectivity index (χ0) is 21.3. The first-order valence-corrected chi connectivity index (χ1v) is 11.6. The first-order valence-electron chi connectivity index (χ1n) is 11.6. The molecule has 1 N–H and O–H groups in total. The molecule has 0 saturated carbocycles. The maximum Gasteiger partial charge on any atom is 0.271 e. The second-order valence-corrected chi connectivity index (χ2v) is 8.74. The summed E-state index contributed by atoms with van der Waals surface area (Å²) in [6.45, 7) is 3.65. The lowest BCUT2D eigenvalue weighted by atomic mass is 9.98. The molecule has 3 aromatic carbocycles. The van der Waals surface area contributed by atoms with Gasteiger partial charge in [0.05, 0.1) is 6.54 Å². The van der Waals surface area contributed by atoms with E-state index in [1.807, 2.05) is 6.07 Å². The average Bonchev–Trinajstić information content (AvgIpc) is 2.97. The van der Waals surface area contributed by atoms with Gasteiger partial charge in [-0.2, -0.15) is 0 Å². The van der Waals surface area contributed by atoms with E-state index in [1.165, 1.54) is 41.1 Å². The predicted molar refractivity (Wildman–Crippen MR) is 128 cm³/mol. The van der Waals surface area contributed by atoms with Gasteiger partial charge in [0.15, 0.2) is 6.54 Å². The summed E-state index contributed by atoms with van der Waals surface area (Å²) in [7, 11) is 0. The smallest absolute Gasteiger partial charge is 0.271 e. The highest BCUT2D eigenvalue weighted by molar-refractivity contribution is 5.96. The molecule has 0 saturated heterocycles. The highest BCUT2D eigenvalue weighted by Gasteiger charge is 2.51. The molecule has 31 heavy (non-hydrogen) atoms. The number of anilines is 1. The number of hydrogen-bond acceptors (Lipinski definition) is 2. The van der Waals surface area contributed by atoms with Crippen LogP contribution in [0.3, 0.4) is 0 Å². The van der Waals surface area contributed by atoms with Gasteiger partial charge in [0.1, 0.15) is 5.69 Å². The lowest BCUT2D eigenvalue weighted by Crippen LogP contribution is -2.41. The highest BCUT2D eigenvalue weighted by Crippen LogP contribution is 2.36. The van der Waals surface area contributed by atoms with Crippen LogP contribution in [0.4, 0.5) is 5.69 Å². The fourth-order valence-corrected chi connectivity index (χ4v) is 5.03. The summed E-state index contributed by atoms with van der Waals surface area (Å²) in [5.41, 5.74) is 4.87. The third-order valence-electron chi connectivity index (χ3n) is 6.84. The Morgan fingerprint density at radius 2 is 1.55 bits per heavy atom. The summed E-state index contributed by atoms with van der Waals surface area (Å²) in [5.74, 6) is 1.26. The number of hydrogen-bond donors (Lipinski definition) is 1. The molecule has 158 valence electrons. The molecule has 2 aliphatic heterocycles. The summed E-state index contributed by atoms with van der Waals surface area (Å²) >= 11 is 0. The van der Waals surface area contributed by atoms with E-state index in [2.05, 4.69) is 89.2 Å². The molecule has 1 atom stereocenters. The van der Waals surface area contributed by atoms with Gasteiger partial charge in [-0.1, -0.05) is 73.7 Å². The zero-order valence-electron chi connectivity index (χ0n) is 18.3. The Kier molecular flexibility index (Phi) is 5.37. The molecule has 2 aliphatic rings. The van der Waals surface area contributed by atoms with Gasteiger partial charge in [-0.25, -0.2) is 9.48 Å². The molecule has 0 bridgehead atoms. The van der Waals surface area contributed by atoms with Gasteiger partial charge in [-0.15, -0.1) is 0 Å². The van der Waals surface area contributed by atoms with Crippen LogP contribution in [-0.2, 0) is 12.1 Å². The standard InChI is InChI=1S/C28H31N2O/c1-2-22-12-18-26(19-13-22)29-21-28(31,30-20-8-4-7-11-27(29)30)25-16-14-24(15-17-25)23-9-5-3-6-10-23/h3,5-6,9-10,12-19,31H,2,4,7-8,11,20-21H2,1H3/q+1. The molecule has 1 unspecified atom stereocenters. The third kappa shape index (κ3) is 3.68. The van der Waals surface area contributed by atoms with Gasteiger partial charge in [-0.3, -0.25) is 0 Å². The first-order chi connectivity index (χ1) is 15.2. The van der Waals surface area contributed by atoms with Crippen LogP contribution in [0.5, 0.6) is 0 Å². The first kappa shape index (κ1) is 20.0. The largest absolute Gasteiger partial charge is 0.346 e. The third-order valence-corrected chi connectivity index (χ3v) is 6.84. The minimum absolute atomic E-state index is 0.568. The van der Waals surface area contributed by atoms with E-state index in [4.69, 9.17) is 0 Å². The van der Waals surface area contributed by atoms with E-state index in [-0.39, 0.29) is 0 Å². The lowest BCUT2D eigenvalue weighted by Gasteiger charge is -2.24. The molecule has 0 aromatic heterocycles. The van der Waals surface area contributed by atoms with Crippen LogP contribution >= 0.6 is 0 Å². The Morgan fingerprint density at radius 3 is 2.26 bits per heavy atom.